The highest BCUT2D eigenvalue weighted by atomic mass is 16.5. The largest absolute Gasteiger partial charge is 0.464 e. The zero-order chi connectivity index (χ0) is 14.3. The van der Waals surface area contributed by atoms with Gasteiger partial charge in [-0.2, -0.15) is 0 Å². The molecule has 0 unspecified atom stereocenters. The third kappa shape index (κ3) is 6.79. The van der Waals surface area contributed by atoms with E-state index in [0.717, 1.165) is 44.1 Å². The molecule has 0 aliphatic carbocycles. The zero-order valence-electron chi connectivity index (χ0n) is 13.1. The average molecular weight is 267 g/mol. The molecule has 0 spiro atoms. The highest BCUT2D eigenvalue weighted by molar-refractivity contribution is 5.20. The first kappa shape index (κ1) is 16.3. The van der Waals surface area contributed by atoms with Crippen molar-refractivity contribution in [2.24, 2.45) is 5.41 Å². The second-order valence-electron chi connectivity index (χ2n) is 6.33. The molecule has 1 aromatic heterocycles. The lowest BCUT2D eigenvalue weighted by Crippen LogP contribution is -2.13. The van der Waals surface area contributed by atoms with Gasteiger partial charge < -0.3 is 14.5 Å². The molecule has 19 heavy (non-hydrogen) atoms. The summed E-state index contributed by atoms with van der Waals surface area (Å²) in [5.41, 5.74) is 1.57. The van der Waals surface area contributed by atoms with Crippen LogP contribution in [0.1, 0.15) is 57.6 Å². The van der Waals surface area contributed by atoms with Gasteiger partial charge in [-0.1, -0.05) is 27.7 Å². The van der Waals surface area contributed by atoms with Crippen LogP contribution in [0.2, 0.25) is 0 Å². The van der Waals surface area contributed by atoms with Gasteiger partial charge in [0.1, 0.15) is 18.1 Å². The van der Waals surface area contributed by atoms with Crippen LogP contribution in [0.3, 0.4) is 0 Å². The minimum atomic E-state index is 0.328. The van der Waals surface area contributed by atoms with Crippen molar-refractivity contribution >= 4 is 0 Å². The fraction of sp³-hybridized carbons (Fsp3) is 0.750. The maximum absolute atomic E-state index is 5.71. The summed E-state index contributed by atoms with van der Waals surface area (Å²) >= 11 is 0. The van der Waals surface area contributed by atoms with E-state index in [1.54, 1.807) is 0 Å². The number of hydrogen-bond acceptors (Lipinski definition) is 3. The van der Waals surface area contributed by atoms with Crippen LogP contribution in [0.25, 0.3) is 0 Å². The van der Waals surface area contributed by atoms with Gasteiger partial charge in [-0.3, -0.25) is 0 Å². The highest BCUT2D eigenvalue weighted by Gasteiger charge is 2.11. The molecule has 1 aromatic rings. The molecule has 0 aliphatic heterocycles. The molecule has 110 valence electrons. The monoisotopic (exact) mass is 267 g/mol. The van der Waals surface area contributed by atoms with Gasteiger partial charge in [0.05, 0.1) is 0 Å². The maximum Gasteiger partial charge on any atom is 0.130 e. The van der Waals surface area contributed by atoms with Crippen LogP contribution in [0.15, 0.2) is 10.5 Å². The van der Waals surface area contributed by atoms with Gasteiger partial charge in [-0.05, 0) is 37.8 Å². The van der Waals surface area contributed by atoms with E-state index in [9.17, 15) is 0 Å². The molecule has 0 saturated heterocycles. The highest BCUT2D eigenvalue weighted by Crippen LogP contribution is 2.19. The van der Waals surface area contributed by atoms with Gasteiger partial charge >= 0.3 is 0 Å². The van der Waals surface area contributed by atoms with E-state index in [-0.39, 0.29) is 0 Å². The number of hydrogen-bond donors (Lipinski definition) is 1. The van der Waals surface area contributed by atoms with Gasteiger partial charge in [0.15, 0.2) is 0 Å². The van der Waals surface area contributed by atoms with Gasteiger partial charge in [-0.25, -0.2) is 0 Å². The molecule has 0 bridgehead atoms. The molecule has 0 radical (unpaired) electrons. The van der Waals surface area contributed by atoms with Crippen molar-refractivity contribution in [3.8, 4) is 0 Å². The third-order valence-electron chi connectivity index (χ3n) is 3.05. The molecule has 1 N–H and O–H groups in total. The molecular weight excluding hydrogens is 238 g/mol. The molecule has 0 amide bonds. The first-order valence-corrected chi connectivity index (χ1v) is 7.29. The normalized spacial score (nSPS) is 12.1. The fourth-order valence-electron chi connectivity index (χ4n) is 1.79. The topological polar surface area (TPSA) is 34.4 Å². The second-order valence-corrected chi connectivity index (χ2v) is 6.33. The van der Waals surface area contributed by atoms with Crippen molar-refractivity contribution in [1.82, 2.24) is 5.32 Å². The Bertz CT molecular complexity index is 363. The average Bonchev–Trinajstić information content (AvgIpc) is 2.65. The Hall–Kier alpha value is -0.800. The molecule has 1 rings (SSSR count). The minimum absolute atomic E-state index is 0.328. The smallest absolute Gasteiger partial charge is 0.130 e. The summed E-state index contributed by atoms with van der Waals surface area (Å²) in [4.78, 5) is 0. The van der Waals surface area contributed by atoms with Gasteiger partial charge in [-0.15, -0.1) is 0 Å². The van der Waals surface area contributed by atoms with Crippen molar-refractivity contribution < 1.29 is 9.15 Å². The molecule has 0 saturated carbocycles. The van der Waals surface area contributed by atoms with Crippen LogP contribution >= 0.6 is 0 Å². The number of nitrogens with one attached hydrogen (secondary N) is 1. The summed E-state index contributed by atoms with van der Waals surface area (Å²) in [5, 5.41) is 3.39. The van der Waals surface area contributed by atoms with Crippen molar-refractivity contribution in [1.29, 1.82) is 0 Å². The number of furan rings is 1. The minimum Gasteiger partial charge on any atom is -0.464 e. The van der Waals surface area contributed by atoms with Crippen LogP contribution in [0.5, 0.6) is 0 Å². The molecule has 0 aromatic carbocycles. The van der Waals surface area contributed by atoms with Crippen LogP contribution < -0.4 is 5.32 Å². The number of aryl methyl sites for hydroxylation is 1. The zero-order valence-corrected chi connectivity index (χ0v) is 13.1. The third-order valence-corrected chi connectivity index (χ3v) is 3.05. The molecule has 3 nitrogen and oxygen atoms in total. The maximum atomic E-state index is 5.71. The summed E-state index contributed by atoms with van der Waals surface area (Å²) in [6, 6.07) is 2.11. The number of rotatable bonds is 8. The van der Waals surface area contributed by atoms with Gasteiger partial charge in [0, 0.05) is 18.7 Å². The van der Waals surface area contributed by atoms with Crippen molar-refractivity contribution in [2.45, 2.75) is 60.6 Å². The Balaban J connectivity index is 2.32. The van der Waals surface area contributed by atoms with Crippen molar-refractivity contribution in [3.63, 3.8) is 0 Å². The van der Waals surface area contributed by atoms with E-state index in [0.29, 0.717) is 12.0 Å². The number of ether oxygens (including phenoxy) is 1. The van der Waals surface area contributed by atoms with E-state index >= 15 is 0 Å². The fourth-order valence-corrected chi connectivity index (χ4v) is 1.79. The Kier molecular flexibility index (Phi) is 6.59. The molecular formula is C16H29NO2. The lowest BCUT2D eigenvalue weighted by molar-refractivity contribution is 0.0839. The standard InChI is InChI=1S/C16H29NO2/c1-6-8-17-11-14-10-15(19-13(14)2)12-18-9-7-16(3,4)5/h10,17H,6-9,11-12H2,1-5H3. The van der Waals surface area contributed by atoms with Gasteiger partial charge in [0.25, 0.3) is 0 Å². The summed E-state index contributed by atoms with van der Waals surface area (Å²) in [6.07, 6.45) is 2.22. The van der Waals surface area contributed by atoms with E-state index in [1.807, 2.05) is 6.92 Å². The molecule has 0 fully saturated rings. The molecule has 1 heterocycles. The van der Waals surface area contributed by atoms with Crippen LogP contribution in [-0.2, 0) is 17.9 Å². The lowest BCUT2D eigenvalue weighted by atomic mass is 9.93. The summed E-state index contributed by atoms with van der Waals surface area (Å²) in [6.45, 7) is 14.1. The second kappa shape index (κ2) is 7.71. The summed E-state index contributed by atoms with van der Waals surface area (Å²) in [7, 11) is 0. The summed E-state index contributed by atoms with van der Waals surface area (Å²) < 4.78 is 11.4. The van der Waals surface area contributed by atoms with Crippen molar-refractivity contribution in [2.75, 3.05) is 13.2 Å². The van der Waals surface area contributed by atoms with Gasteiger partial charge in [0.2, 0.25) is 0 Å². The van der Waals surface area contributed by atoms with E-state index in [4.69, 9.17) is 9.15 Å². The van der Waals surface area contributed by atoms with E-state index in [2.05, 4.69) is 39.1 Å². The Morgan fingerprint density at radius 1 is 1.32 bits per heavy atom. The SMILES string of the molecule is CCCNCc1cc(COCCC(C)(C)C)oc1C. The van der Waals surface area contributed by atoms with Crippen LogP contribution in [0, 0.1) is 12.3 Å². The Morgan fingerprint density at radius 2 is 2.05 bits per heavy atom. The predicted octanol–water partition coefficient (Wildman–Crippen LogP) is 4.04. The van der Waals surface area contributed by atoms with Crippen LogP contribution in [-0.4, -0.2) is 13.2 Å². The first-order chi connectivity index (χ1) is 8.92. The quantitative estimate of drug-likeness (QED) is 0.722. The molecule has 0 aliphatic rings. The predicted molar refractivity (Wildman–Crippen MR) is 79.2 cm³/mol. The molecule has 3 heteroatoms. The lowest BCUT2D eigenvalue weighted by Gasteiger charge is -2.17. The Labute approximate surface area is 117 Å². The van der Waals surface area contributed by atoms with E-state index < -0.39 is 0 Å². The Morgan fingerprint density at radius 3 is 2.68 bits per heavy atom. The first-order valence-electron chi connectivity index (χ1n) is 7.29. The summed E-state index contributed by atoms with van der Waals surface area (Å²) in [5.74, 6) is 1.93. The van der Waals surface area contributed by atoms with Crippen molar-refractivity contribution in [3.05, 3.63) is 23.2 Å². The van der Waals surface area contributed by atoms with Crippen LogP contribution in [0.4, 0.5) is 0 Å². The van der Waals surface area contributed by atoms with E-state index in [1.165, 1.54) is 5.56 Å². The molecule has 0 atom stereocenters.